The summed E-state index contributed by atoms with van der Waals surface area (Å²) in [5, 5.41) is 2.64. The minimum atomic E-state index is -2.66. The zero-order valence-corrected chi connectivity index (χ0v) is 13.6. The highest BCUT2D eigenvalue weighted by molar-refractivity contribution is 5.85. The van der Waals surface area contributed by atoms with Gasteiger partial charge in [-0.25, -0.2) is 4.98 Å². The highest BCUT2D eigenvalue weighted by atomic mass is 35.5. The highest BCUT2D eigenvalue weighted by Gasteiger charge is 2.33. The Kier molecular flexibility index (Phi) is 10.6. The first kappa shape index (κ1) is 22.4. The molecule has 0 bridgehead atoms. The lowest BCUT2D eigenvalue weighted by Crippen LogP contribution is -2.45. The minimum absolute atomic E-state index is 0. The molecule has 21 heavy (non-hydrogen) atoms. The van der Waals surface area contributed by atoms with Crippen LogP contribution in [0.15, 0.2) is 12.4 Å². The summed E-state index contributed by atoms with van der Waals surface area (Å²) in [5.41, 5.74) is 5.02. The number of aromatic nitrogens is 2. The second-order valence-electron chi connectivity index (χ2n) is 4.40. The molecule has 124 valence electrons. The number of halogens is 4. The van der Waals surface area contributed by atoms with E-state index in [-0.39, 0.29) is 49.6 Å². The standard InChI is InChI=1S/C12H20F2N4O.2ClH/c1-3-12(4-2,8-15)10(19)17-7-9-16-5-6-18(9)11(13)14;;/h5-6,11H,3-4,7-8,15H2,1-2H3,(H,17,19);2*1H. The van der Waals surface area contributed by atoms with Gasteiger partial charge in [0, 0.05) is 18.9 Å². The van der Waals surface area contributed by atoms with E-state index in [1.165, 1.54) is 12.4 Å². The number of hydrogen-bond donors (Lipinski definition) is 2. The topological polar surface area (TPSA) is 72.9 Å². The molecule has 0 atom stereocenters. The number of carbonyl (C=O) groups is 1. The maximum absolute atomic E-state index is 12.6. The van der Waals surface area contributed by atoms with E-state index in [2.05, 4.69) is 10.3 Å². The summed E-state index contributed by atoms with van der Waals surface area (Å²) in [4.78, 5) is 15.9. The summed E-state index contributed by atoms with van der Waals surface area (Å²) < 4.78 is 25.9. The Hall–Kier alpha value is -0.920. The molecule has 5 nitrogen and oxygen atoms in total. The molecule has 0 unspecified atom stereocenters. The van der Waals surface area contributed by atoms with Gasteiger partial charge in [-0.05, 0) is 12.8 Å². The van der Waals surface area contributed by atoms with Crippen LogP contribution in [0.3, 0.4) is 0 Å². The minimum Gasteiger partial charge on any atom is -0.348 e. The normalized spacial score (nSPS) is 10.8. The Morgan fingerprint density at radius 3 is 2.43 bits per heavy atom. The molecule has 3 N–H and O–H groups in total. The van der Waals surface area contributed by atoms with Crippen LogP contribution in [0.4, 0.5) is 8.78 Å². The molecule has 0 radical (unpaired) electrons. The Morgan fingerprint density at radius 2 is 2.00 bits per heavy atom. The van der Waals surface area contributed by atoms with Crippen LogP contribution in [0.5, 0.6) is 0 Å². The molecule has 0 spiro atoms. The van der Waals surface area contributed by atoms with E-state index in [0.717, 1.165) is 4.57 Å². The zero-order chi connectivity index (χ0) is 14.5. The highest BCUT2D eigenvalue weighted by Crippen LogP contribution is 2.25. The zero-order valence-electron chi connectivity index (χ0n) is 12.0. The first-order valence-electron chi connectivity index (χ1n) is 6.29. The van der Waals surface area contributed by atoms with E-state index in [1.54, 1.807) is 0 Å². The number of nitrogens with two attached hydrogens (primary N) is 1. The maximum Gasteiger partial charge on any atom is 0.319 e. The number of amides is 1. The summed E-state index contributed by atoms with van der Waals surface area (Å²) in [6.07, 6.45) is 3.68. The third kappa shape index (κ3) is 5.09. The average Bonchev–Trinajstić information content (AvgIpc) is 2.87. The predicted octanol–water partition coefficient (Wildman–Crippen LogP) is 2.50. The first-order valence-corrected chi connectivity index (χ1v) is 6.29. The largest absolute Gasteiger partial charge is 0.348 e. The van der Waals surface area contributed by atoms with Gasteiger partial charge in [-0.2, -0.15) is 8.78 Å². The maximum atomic E-state index is 12.6. The van der Waals surface area contributed by atoms with Gasteiger partial charge in [0.05, 0.1) is 12.0 Å². The van der Waals surface area contributed by atoms with Crippen LogP contribution in [-0.4, -0.2) is 22.0 Å². The van der Waals surface area contributed by atoms with E-state index in [9.17, 15) is 13.6 Å². The smallest absolute Gasteiger partial charge is 0.319 e. The van der Waals surface area contributed by atoms with Crippen LogP contribution < -0.4 is 11.1 Å². The molecule has 9 heteroatoms. The van der Waals surface area contributed by atoms with Crippen LogP contribution in [0, 0.1) is 5.41 Å². The van der Waals surface area contributed by atoms with E-state index in [4.69, 9.17) is 5.73 Å². The van der Waals surface area contributed by atoms with Crippen molar-refractivity contribution in [1.82, 2.24) is 14.9 Å². The fourth-order valence-corrected chi connectivity index (χ4v) is 1.96. The third-order valence-corrected chi connectivity index (χ3v) is 3.59. The van der Waals surface area contributed by atoms with Gasteiger partial charge < -0.3 is 11.1 Å². The van der Waals surface area contributed by atoms with Crippen LogP contribution in [-0.2, 0) is 11.3 Å². The average molecular weight is 347 g/mol. The van der Waals surface area contributed by atoms with E-state index < -0.39 is 12.0 Å². The molecule has 1 amide bonds. The number of rotatable bonds is 7. The molecule has 1 aromatic rings. The quantitative estimate of drug-likeness (QED) is 0.796. The summed E-state index contributed by atoms with van der Waals surface area (Å²) in [5.74, 6) is -0.0923. The van der Waals surface area contributed by atoms with E-state index in [1.807, 2.05) is 13.8 Å². The van der Waals surface area contributed by atoms with Crippen LogP contribution in [0.25, 0.3) is 0 Å². The van der Waals surface area contributed by atoms with Gasteiger partial charge in [0.1, 0.15) is 5.82 Å². The first-order chi connectivity index (χ1) is 9.00. The third-order valence-electron chi connectivity index (χ3n) is 3.59. The molecule has 0 fully saturated rings. The van der Waals surface area contributed by atoms with Crippen molar-refractivity contribution < 1.29 is 13.6 Å². The number of imidazole rings is 1. The fourth-order valence-electron chi connectivity index (χ4n) is 1.96. The Labute approximate surface area is 135 Å². The van der Waals surface area contributed by atoms with E-state index in [0.29, 0.717) is 12.8 Å². The molecule has 0 saturated heterocycles. The Balaban J connectivity index is 0. The summed E-state index contributed by atoms with van der Waals surface area (Å²) in [7, 11) is 0. The molecule has 1 heterocycles. The molecule has 0 aliphatic carbocycles. The van der Waals surface area contributed by atoms with Crippen LogP contribution in [0.1, 0.15) is 39.1 Å². The molecule has 0 aromatic carbocycles. The predicted molar refractivity (Wildman–Crippen MR) is 81.9 cm³/mol. The lowest BCUT2D eigenvalue weighted by atomic mass is 9.81. The Bertz CT molecular complexity index is 417. The molecule has 0 saturated carbocycles. The lowest BCUT2D eigenvalue weighted by Gasteiger charge is -2.28. The van der Waals surface area contributed by atoms with Gasteiger partial charge in [0.2, 0.25) is 5.91 Å². The van der Waals surface area contributed by atoms with Gasteiger partial charge in [0.25, 0.3) is 0 Å². The number of nitrogens with one attached hydrogen (secondary N) is 1. The Morgan fingerprint density at radius 1 is 1.43 bits per heavy atom. The van der Waals surface area contributed by atoms with Crippen molar-refractivity contribution in [3.8, 4) is 0 Å². The number of nitrogens with zero attached hydrogens (tertiary/aromatic N) is 2. The fraction of sp³-hybridized carbons (Fsp3) is 0.667. The molecule has 0 aliphatic rings. The second kappa shape index (κ2) is 9.92. The van der Waals surface area contributed by atoms with Crippen LogP contribution >= 0.6 is 24.8 Å². The number of carbonyl (C=O) groups excluding carboxylic acids is 1. The van der Waals surface area contributed by atoms with Crippen molar-refractivity contribution in [2.24, 2.45) is 11.1 Å². The van der Waals surface area contributed by atoms with Gasteiger partial charge in [0.15, 0.2) is 0 Å². The molecule has 1 rings (SSSR count). The van der Waals surface area contributed by atoms with Crippen molar-refractivity contribution in [2.75, 3.05) is 6.54 Å². The monoisotopic (exact) mass is 346 g/mol. The van der Waals surface area contributed by atoms with Crippen molar-refractivity contribution in [3.63, 3.8) is 0 Å². The van der Waals surface area contributed by atoms with Gasteiger partial charge in [-0.1, -0.05) is 13.8 Å². The molecule has 1 aromatic heterocycles. The van der Waals surface area contributed by atoms with Crippen LogP contribution in [0.2, 0.25) is 0 Å². The SMILES string of the molecule is CCC(CC)(CN)C(=O)NCc1nccn1C(F)F.Cl.Cl. The van der Waals surface area contributed by atoms with Crippen molar-refractivity contribution >= 4 is 30.7 Å². The summed E-state index contributed by atoms with van der Waals surface area (Å²) >= 11 is 0. The van der Waals surface area contributed by atoms with Gasteiger partial charge in [-0.3, -0.25) is 9.36 Å². The molecular weight excluding hydrogens is 325 g/mol. The van der Waals surface area contributed by atoms with Gasteiger partial charge in [-0.15, -0.1) is 24.8 Å². The molecule has 0 aliphatic heterocycles. The lowest BCUT2D eigenvalue weighted by molar-refractivity contribution is -0.131. The van der Waals surface area contributed by atoms with Gasteiger partial charge >= 0.3 is 6.55 Å². The number of hydrogen-bond acceptors (Lipinski definition) is 3. The van der Waals surface area contributed by atoms with Crippen molar-refractivity contribution in [3.05, 3.63) is 18.2 Å². The summed E-state index contributed by atoms with van der Waals surface area (Å²) in [6.45, 7) is 1.31. The van der Waals surface area contributed by atoms with E-state index >= 15 is 0 Å². The number of alkyl halides is 2. The second-order valence-corrected chi connectivity index (χ2v) is 4.40. The molecular formula is C12H22Cl2F2N4O. The summed E-state index contributed by atoms with van der Waals surface area (Å²) in [6, 6.07) is 0. The van der Waals surface area contributed by atoms with Crippen molar-refractivity contribution in [1.29, 1.82) is 0 Å². The van der Waals surface area contributed by atoms with Crippen molar-refractivity contribution in [2.45, 2.75) is 39.8 Å².